The quantitative estimate of drug-likeness (QED) is 0.865. The molecule has 1 heterocycles. The Morgan fingerprint density at radius 3 is 2.50 bits per heavy atom. The Morgan fingerprint density at radius 1 is 1.20 bits per heavy atom. The van der Waals surface area contributed by atoms with Crippen molar-refractivity contribution in [2.24, 2.45) is 0 Å². The van der Waals surface area contributed by atoms with Gasteiger partial charge in [0.15, 0.2) is 0 Å². The third-order valence-corrected chi connectivity index (χ3v) is 3.08. The minimum atomic E-state index is -0.336. The largest absolute Gasteiger partial charge is 0.378 e. The number of amides is 2. The van der Waals surface area contributed by atoms with Crippen LogP contribution in [0.2, 0.25) is 0 Å². The Balaban J connectivity index is 1.74. The van der Waals surface area contributed by atoms with Crippen LogP contribution in [0.1, 0.15) is 5.56 Å². The fourth-order valence-corrected chi connectivity index (χ4v) is 1.95. The highest BCUT2D eigenvalue weighted by Gasteiger charge is 2.17. The molecule has 1 aliphatic heterocycles. The van der Waals surface area contributed by atoms with E-state index in [-0.39, 0.29) is 30.6 Å². The number of halogens is 1. The minimum absolute atomic E-state index is 0.0139. The predicted molar refractivity (Wildman–Crippen MR) is 70.5 cm³/mol. The molecule has 108 valence electrons. The maximum Gasteiger partial charge on any atom is 0.242 e. The van der Waals surface area contributed by atoms with E-state index in [1.54, 1.807) is 17.0 Å². The van der Waals surface area contributed by atoms with Crippen LogP contribution in [0.3, 0.4) is 0 Å². The van der Waals surface area contributed by atoms with Crippen LogP contribution in [-0.4, -0.2) is 49.6 Å². The van der Waals surface area contributed by atoms with Crippen LogP contribution in [0.5, 0.6) is 0 Å². The smallest absolute Gasteiger partial charge is 0.242 e. The molecule has 1 fully saturated rings. The van der Waals surface area contributed by atoms with Crippen molar-refractivity contribution in [3.63, 3.8) is 0 Å². The molecule has 1 saturated heterocycles. The normalized spacial score (nSPS) is 14.9. The first-order valence-electron chi connectivity index (χ1n) is 6.52. The Morgan fingerprint density at radius 2 is 1.85 bits per heavy atom. The molecular formula is C14H17FN2O3. The summed E-state index contributed by atoms with van der Waals surface area (Å²) in [6.07, 6.45) is 0.136. The lowest BCUT2D eigenvalue weighted by molar-refractivity contribution is -0.136. The molecule has 0 saturated carbocycles. The molecule has 1 aromatic carbocycles. The number of nitrogens with zero attached hydrogens (tertiary/aromatic N) is 1. The number of carbonyl (C=O) groups excluding carboxylic acids is 2. The summed E-state index contributed by atoms with van der Waals surface area (Å²) in [5.41, 5.74) is 0.711. The first-order chi connectivity index (χ1) is 9.65. The summed E-state index contributed by atoms with van der Waals surface area (Å²) in [6.45, 7) is 2.18. The van der Waals surface area contributed by atoms with E-state index >= 15 is 0 Å². The summed E-state index contributed by atoms with van der Waals surface area (Å²) in [5.74, 6) is -0.698. The molecule has 2 rings (SSSR count). The summed E-state index contributed by atoms with van der Waals surface area (Å²) in [7, 11) is 0. The van der Waals surface area contributed by atoms with E-state index in [1.807, 2.05) is 0 Å². The number of morpholine rings is 1. The van der Waals surface area contributed by atoms with Gasteiger partial charge in [0.2, 0.25) is 11.8 Å². The number of carbonyl (C=O) groups is 2. The van der Waals surface area contributed by atoms with Gasteiger partial charge in [-0.3, -0.25) is 9.59 Å². The molecule has 0 aromatic heterocycles. The number of rotatable bonds is 4. The van der Waals surface area contributed by atoms with Gasteiger partial charge in [0.25, 0.3) is 0 Å². The predicted octanol–water partition coefficient (Wildman–Crippen LogP) is 0.343. The van der Waals surface area contributed by atoms with Gasteiger partial charge in [0.1, 0.15) is 5.82 Å². The number of ether oxygens (including phenoxy) is 1. The van der Waals surface area contributed by atoms with Crippen molar-refractivity contribution in [3.05, 3.63) is 35.6 Å². The molecule has 0 radical (unpaired) electrons. The number of benzene rings is 1. The summed E-state index contributed by atoms with van der Waals surface area (Å²) in [4.78, 5) is 25.2. The summed E-state index contributed by atoms with van der Waals surface area (Å²) in [5, 5.41) is 2.58. The third-order valence-electron chi connectivity index (χ3n) is 3.08. The van der Waals surface area contributed by atoms with Crippen molar-refractivity contribution in [2.45, 2.75) is 6.42 Å². The maximum atomic E-state index is 12.7. The monoisotopic (exact) mass is 280 g/mol. The molecule has 0 unspecified atom stereocenters. The van der Waals surface area contributed by atoms with E-state index in [4.69, 9.17) is 4.74 Å². The van der Waals surface area contributed by atoms with Crippen LogP contribution in [0, 0.1) is 5.82 Å². The summed E-state index contributed by atoms with van der Waals surface area (Å²) >= 11 is 0. The van der Waals surface area contributed by atoms with Crippen LogP contribution in [-0.2, 0) is 20.7 Å². The molecule has 1 aromatic rings. The molecule has 6 heteroatoms. The van der Waals surface area contributed by atoms with Gasteiger partial charge in [0.05, 0.1) is 26.2 Å². The van der Waals surface area contributed by atoms with E-state index in [2.05, 4.69) is 5.32 Å². The first-order valence-corrected chi connectivity index (χ1v) is 6.52. The van der Waals surface area contributed by atoms with Gasteiger partial charge in [-0.25, -0.2) is 4.39 Å². The lowest BCUT2D eigenvalue weighted by Gasteiger charge is -2.26. The maximum absolute atomic E-state index is 12.7. The Kier molecular flexibility index (Phi) is 5.06. The van der Waals surface area contributed by atoms with Crippen molar-refractivity contribution in [2.75, 3.05) is 32.8 Å². The highest BCUT2D eigenvalue weighted by molar-refractivity contribution is 5.85. The molecule has 1 aliphatic rings. The van der Waals surface area contributed by atoms with Crippen molar-refractivity contribution < 1.29 is 18.7 Å². The Labute approximate surface area is 116 Å². The van der Waals surface area contributed by atoms with E-state index in [1.165, 1.54) is 12.1 Å². The fourth-order valence-electron chi connectivity index (χ4n) is 1.95. The van der Waals surface area contributed by atoms with Crippen LogP contribution in [0.25, 0.3) is 0 Å². The molecule has 0 spiro atoms. The van der Waals surface area contributed by atoms with E-state index in [0.717, 1.165) is 0 Å². The van der Waals surface area contributed by atoms with Gasteiger partial charge >= 0.3 is 0 Å². The molecule has 0 bridgehead atoms. The average molecular weight is 280 g/mol. The topological polar surface area (TPSA) is 58.6 Å². The van der Waals surface area contributed by atoms with Gasteiger partial charge in [-0.1, -0.05) is 12.1 Å². The standard InChI is InChI=1S/C14H17FN2O3/c15-12-3-1-11(2-4-12)9-13(18)16-10-14(19)17-5-7-20-8-6-17/h1-4H,5-10H2,(H,16,18). The van der Waals surface area contributed by atoms with Crippen molar-refractivity contribution in [1.82, 2.24) is 10.2 Å². The zero-order valence-electron chi connectivity index (χ0n) is 11.1. The Bertz CT molecular complexity index is 470. The molecule has 5 nitrogen and oxygen atoms in total. The van der Waals surface area contributed by atoms with Gasteiger partial charge in [-0.2, -0.15) is 0 Å². The molecular weight excluding hydrogens is 263 g/mol. The van der Waals surface area contributed by atoms with Crippen molar-refractivity contribution in [1.29, 1.82) is 0 Å². The fraction of sp³-hybridized carbons (Fsp3) is 0.429. The van der Waals surface area contributed by atoms with E-state index in [0.29, 0.717) is 31.9 Å². The second kappa shape index (κ2) is 7.00. The average Bonchev–Trinajstić information content (AvgIpc) is 2.48. The zero-order valence-corrected chi connectivity index (χ0v) is 11.1. The molecule has 2 amide bonds. The van der Waals surface area contributed by atoms with Crippen LogP contribution in [0.15, 0.2) is 24.3 Å². The van der Waals surface area contributed by atoms with Crippen LogP contribution >= 0.6 is 0 Å². The SMILES string of the molecule is O=C(Cc1ccc(F)cc1)NCC(=O)N1CCOCC1. The molecule has 20 heavy (non-hydrogen) atoms. The number of nitrogens with one attached hydrogen (secondary N) is 1. The second-order valence-electron chi connectivity index (χ2n) is 4.57. The molecule has 0 aliphatic carbocycles. The van der Waals surface area contributed by atoms with Gasteiger partial charge < -0.3 is 15.0 Å². The lowest BCUT2D eigenvalue weighted by atomic mass is 10.1. The highest BCUT2D eigenvalue weighted by Crippen LogP contribution is 2.03. The van der Waals surface area contributed by atoms with E-state index < -0.39 is 0 Å². The van der Waals surface area contributed by atoms with E-state index in [9.17, 15) is 14.0 Å². The van der Waals surface area contributed by atoms with Gasteiger partial charge in [-0.05, 0) is 17.7 Å². The summed E-state index contributed by atoms with van der Waals surface area (Å²) < 4.78 is 17.9. The second-order valence-corrected chi connectivity index (χ2v) is 4.57. The van der Waals surface area contributed by atoms with Gasteiger partial charge in [-0.15, -0.1) is 0 Å². The number of hydrogen-bond donors (Lipinski definition) is 1. The van der Waals surface area contributed by atoms with Crippen molar-refractivity contribution >= 4 is 11.8 Å². The highest BCUT2D eigenvalue weighted by atomic mass is 19.1. The summed E-state index contributed by atoms with van der Waals surface area (Å²) in [6, 6.07) is 5.72. The Hall–Kier alpha value is -1.95. The zero-order chi connectivity index (χ0) is 14.4. The van der Waals surface area contributed by atoms with Gasteiger partial charge in [0, 0.05) is 13.1 Å². The lowest BCUT2D eigenvalue weighted by Crippen LogP contribution is -2.45. The molecule has 1 N–H and O–H groups in total. The minimum Gasteiger partial charge on any atom is -0.378 e. The first kappa shape index (κ1) is 14.5. The third kappa shape index (κ3) is 4.31. The number of hydrogen-bond acceptors (Lipinski definition) is 3. The van der Waals surface area contributed by atoms with Crippen LogP contribution in [0.4, 0.5) is 4.39 Å². The molecule has 0 atom stereocenters. The van der Waals surface area contributed by atoms with Crippen LogP contribution < -0.4 is 5.32 Å². The van der Waals surface area contributed by atoms with Crippen molar-refractivity contribution in [3.8, 4) is 0 Å².